The molecule has 80 valence electrons. The van der Waals surface area contributed by atoms with Gasteiger partial charge in [0.1, 0.15) is 0 Å². The number of amides is 2. The Morgan fingerprint density at radius 3 is 2.93 bits per heavy atom. The summed E-state index contributed by atoms with van der Waals surface area (Å²) in [6.45, 7) is 0. The molecule has 6 heteroatoms. The van der Waals surface area contributed by atoms with Crippen molar-refractivity contribution in [2.24, 2.45) is 5.73 Å². The van der Waals surface area contributed by atoms with Gasteiger partial charge in [0.05, 0.1) is 3.57 Å². The number of anilines is 1. The van der Waals surface area contributed by atoms with E-state index in [1.807, 2.05) is 12.1 Å². The van der Waals surface area contributed by atoms with E-state index in [9.17, 15) is 4.79 Å². The third-order valence-corrected chi connectivity index (χ3v) is 2.90. The molecule has 3 N–H and O–H groups in total. The number of halogens is 1. The maximum absolute atomic E-state index is 11.3. The SMILES string of the molecule is NC(=O)N(NC1CC1)c1ncccc1I. The number of urea groups is 1. The fourth-order valence-corrected chi connectivity index (χ4v) is 1.75. The van der Waals surface area contributed by atoms with Crippen molar-refractivity contribution in [1.82, 2.24) is 10.4 Å². The first-order chi connectivity index (χ1) is 7.18. The quantitative estimate of drug-likeness (QED) is 0.651. The van der Waals surface area contributed by atoms with Crippen LogP contribution in [0.25, 0.3) is 0 Å². The summed E-state index contributed by atoms with van der Waals surface area (Å²) >= 11 is 2.12. The number of nitrogens with one attached hydrogen (secondary N) is 1. The molecular formula is C9H11IN4O. The molecule has 2 rings (SSSR count). The molecule has 0 unspecified atom stereocenters. The first-order valence-electron chi connectivity index (χ1n) is 4.64. The van der Waals surface area contributed by atoms with Gasteiger partial charge in [0, 0.05) is 12.2 Å². The maximum Gasteiger partial charge on any atom is 0.335 e. The van der Waals surface area contributed by atoms with Gasteiger partial charge < -0.3 is 5.73 Å². The van der Waals surface area contributed by atoms with E-state index >= 15 is 0 Å². The number of primary amides is 1. The van der Waals surface area contributed by atoms with E-state index in [-0.39, 0.29) is 0 Å². The third kappa shape index (κ3) is 2.57. The third-order valence-electron chi connectivity index (χ3n) is 2.06. The van der Waals surface area contributed by atoms with Crippen LogP contribution >= 0.6 is 22.6 Å². The largest absolute Gasteiger partial charge is 0.350 e. The maximum atomic E-state index is 11.3. The molecule has 1 aromatic rings. The Bertz CT molecular complexity index is 380. The van der Waals surface area contributed by atoms with E-state index < -0.39 is 6.03 Å². The lowest BCUT2D eigenvalue weighted by Gasteiger charge is -2.20. The van der Waals surface area contributed by atoms with E-state index in [0.29, 0.717) is 11.9 Å². The van der Waals surface area contributed by atoms with E-state index in [1.54, 1.807) is 6.20 Å². The first-order valence-corrected chi connectivity index (χ1v) is 5.72. The predicted octanol–water partition coefficient (Wildman–Crippen LogP) is 1.24. The Morgan fingerprint density at radius 1 is 1.67 bits per heavy atom. The molecule has 0 aliphatic heterocycles. The van der Waals surface area contributed by atoms with Crippen molar-refractivity contribution in [1.29, 1.82) is 0 Å². The smallest absolute Gasteiger partial charge is 0.335 e. The van der Waals surface area contributed by atoms with Crippen LogP contribution in [-0.2, 0) is 0 Å². The van der Waals surface area contributed by atoms with E-state index in [1.165, 1.54) is 5.01 Å². The summed E-state index contributed by atoms with van der Waals surface area (Å²) in [4.78, 5) is 15.4. The van der Waals surface area contributed by atoms with Crippen molar-refractivity contribution in [3.05, 3.63) is 21.9 Å². The molecule has 1 fully saturated rings. The van der Waals surface area contributed by atoms with Gasteiger partial charge in [0.2, 0.25) is 0 Å². The van der Waals surface area contributed by atoms with Gasteiger partial charge in [0.25, 0.3) is 0 Å². The highest BCUT2D eigenvalue weighted by molar-refractivity contribution is 14.1. The van der Waals surface area contributed by atoms with Crippen LogP contribution in [0.5, 0.6) is 0 Å². The molecule has 0 bridgehead atoms. The van der Waals surface area contributed by atoms with Crippen molar-refractivity contribution in [3.8, 4) is 0 Å². The topological polar surface area (TPSA) is 71.2 Å². The Balaban J connectivity index is 2.22. The first kappa shape index (κ1) is 10.6. The van der Waals surface area contributed by atoms with Crippen LogP contribution < -0.4 is 16.2 Å². The number of hydrogen-bond donors (Lipinski definition) is 2. The summed E-state index contributed by atoms with van der Waals surface area (Å²) in [5, 5.41) is 1.32. The predicted molar refractivity (Wildman–Crippen MR) is 65.2 cm³/mol. The zero-order valence-electron chi connectivity index (χ0n) is 7.98. The summed E-state index contributed by atoms with van der Waals surface area (Å²) in [6.07, 6.45) is 3.79. The summed E-state index contributed by atoms with van der Waals surface area (Å²) < 4.78 is 0.891. The van der Waals surface area contributed by atoms with Crippen LogP contribution in [-0.4, -0.2) is 17.1 Å². The minimum Gasteiger partial charge on any atom is -0.350 e. The number of nitrogens with two attached hydrogens (primary N) is 1. The normalized spacial score (nSPS) is 15.0. The fourth-order valence-electron chi connectivity index (χ4n) is 1.17. The molecule has 0 aromatic carbocycles. The van der Waals surface area contributed by atoms with Crippen LogP contribution in [0.15, 0.2) is 18.3 Å². The van der Waals surface area contributed by atoms with E-state index in [0.717, 1.165) is 16.4 Å². The Morgan fingerprint density at radius 2 is 2.40 bits per heavy atom. The molecule has 0 radical (unpaired) electrons. The minimum atomic E-state index is -0.529. The van der Waals surface area contributed by atoms with Crippen molar-refractivity contribution in [2.45, 2.75) is 18.9 Å². The number of rotatable bonds is 3. The lowest BCUT2D eigenvalue weighted by atomic mass is 10.4. The van der Waals surface area contributed by atoms with Gasteiger partial charge in [0.15, 0.2) is 5.82 Å². The molecule has 5 nitrogen and oxygen atoms in total. The average molecular weight is 318 g/mol. The molecule has 2 amide bonds. The fraction of sp³-hybridized carbons (Fsp3) is 0.333. The highest BCUT2D eigenvalue weighted by atomic mass is 127. The van der Waals surface area contributed by atoms with Gasteiger partial charge in [-0.3, -0.25) is 0 Å². The second-order valence-corrected chi connectivity index (χ2v) is 4.55. The number of aromatic nitrogens is 1. The van der Waals surface area contributed by atoms with Crippen molar-refractivity contribution in [2.75, 3.05) is 5.01 Å². The monoisotopic (exact) mass is 318 g/mol. The standard InChI is InChI=1S/C9H11IN4O/c10-7-2-1-5-12-8(7)14(9(11)15)13-6-3-4-6/h1-2,5-6,13H,3-4H2,(H2,11,15). The highest BCUT2D eigenvalue weighted by Gasteiger charge is 2.27. The zero-order chi connectivity index (χ0) is 10.8. The van der Waals surface area contributed by atoms with Crippen molar-refractivity contribution in [3.63, 3.8) is 0 Å². The number of nitrogens with zero attached hydrogens (tertiary/aromatic N) is 2. The number of hydrogen-bond acceptors (Lipinski definition) is 3. The summed E-state index contributed by atoms with van der Waals surface area (Å²) in [7, 11) is 0. The van der Waals surface area contributed by atoms with Gasteiger partial charge >= 0.3 is 6.03 Å². The van der Waals surface area contributed by atoms with Crippen LogP contribution in [0.3, 0.4) is 0 Å². The van der Waals surface area contributed by atoms with E-state index in [4.69, 9.17) is 5.73 Å². The van der Waals surface area contributed by atoms with Crippen LogP contribution in [0.1, 0.15) is 12.8 Å². The van der Waals surface area contributed by atoms with E-state index in [2.05, 4.69) is 33.0 Å². The average Bonchev–Trinajstić information content (AvgIpc) is 2.99. The molecule has 0 saturated heterocycles. The molecular weight excluding hydrogens is 307 g/mol. The second-order valence-electron chi connectivity index (χ2n) is 3.39. The molecule has 15 heavy (non-hydrogen) atoms. The molecule has 0 spiro atoms. The van der Waals surface area contributed by atoms with Crippen molar-refractivity contribution >= 4 is 34.4 Å². The number of hydrazine groups is 1. The molecule has 1 saturated carbocycles. The van der Waals surface area contributed by atoms with Gasteiger partial charge in [-0.2, -0.15) is 0 Å². The lowest BCUT2D eigenvalue weighted by molar-refractivity contribution is 0.251. The molecule has 1 aromatic heterocycles. The summed E-state index contributed by atoms with van der Waals surface area (Å²) in [5.74, 6) is 0.567. The van der Waals surface area contributed by atoms with Crippen molar-refractivity contribution < 1.29 is 4.79 Å². The number of carbonyl (C=O) groups excluding carboxylic acids is 1. The van der Waals surface area contributed by atoms with Gasteiger partial charge in [-0.05, 0) is 47.6 Å². The van der Waals surface area contributed by atoms with Crippen LogP contribution in [0.2, 0.25) is 0 Å². The lowest BCUT2D eigenvalue weighted by Crippen LogP contribution is -2.48. The zero-order valence-corrected chi connectivity index (χ0v) is 10.1. The van der Waals surface area contributed by atoms with Gasteiger partial charge in [-0.25, -0.2) is 20.2 Å². The van der Waals surface area contributed by atoms with Crippen LogP contribution in [0.4, 0.5) is 10.6 Å². The molecule has 1 heterocycles. The summed E-state index contributed by atoms with van der Waals surface area (Å²) in [6, 6.07) is 3.53. The second kappa shape index (κ2) is 4.31. The number of carbonyl (C=O) groups is 1. The minimum absolute atomic E-state index is 0.357. The Kier molecular flexibility index (Phi) is 3.06. The number of pyridine rings is 1. The summed E-state index contributed by atoms with van der Waals surface area (Å²) in [5.41, 5.74) is 8.33. The Hall–Kier alpha value is -0.890. The van der Waals surface area contributed by atoms with Gasteiger partial charge in [-0.15, -0.1) is 0 Å². The Labute approximate surface area is 101 Å². The highest BCUT2D eigenvalue weighted by Crippen LogP contribution is 2.23. The molecule has 0 atom stereocenters. The van der Waals surface area contributed by atoms with Crippen LogP contribution in [0, 0.1) is 3.57 Å². The molecule has 1 aliphatic carbocycles. The molecule has 1 aliphatic rings. The van der Waals surface area contributed by atoms with Gasteiger partial charge in [-0.1, -0.05) is 0 Å².